The van der Waals surface area contributed by atoms with Crippen LogP contribution in [0.4, 0.5) is 5.00 Å². The number of hydrogen-bond acceptors (Lipinski definition) is 4. The SMILES string of the molecule is Nc1sc(C2Cc3ccccc32)nc1C(=O)O. The molecule has 17 heavy (non-hydrogen) atoms. The summed E-state index contributed by atoms with van der Waals surface area (Å²) < 4.78 is 0. The number of carboxylic acids is 1. The maximum absolute atomic E-state index is 10.9. The molecule has 1 heterocycles. The van der Waals surface area contributed by atoms with Gasteiger partial charge in [-0.05, 0) is 17.5 Å². The van der Waals surface area contributed by atoms with Crippen LogP contribution in [0.1, 0.15) is 32.5 Å². The number of aromatic carboxylic acids is 1. The lowest BCUT2D eigenvalue weighted by Gasteiger charge is -2.28. The van der Waals surface area contributed by atoms with E-state index in [9.17, 15) is 4.79 Å². The zero-order valence-corrected chi connectivity index (χ0v) is 9.70. The van der Waals surface area contributed by atoms with Crippen LogP contribution in [0.25, 0.3) is 0 Å². The van der Waals surface area contributed by atoms with Crippen molar-refractivity contribution in [3.05, 3.63) is 46.1 Å². The summed E-state index contributed by atoms with van der Waals surface area (Å²) in [4.78, 5) is 15.0. The summed E-state index contributed by atoms with van der Waals surface area (Å²) in [7, 11) is 0. The molecule has 1 aliphatic carbocycles. The molecular formula is C12H10N2O2S. The Kier molecular flexibility index (Phi) is 2.16. The van der Waals surface area contributed by atoms with E-state index < -0.39 is 5.97 Å². The van der Waals surface area contributed by atoms with Crippen molar-refractivity contribution < 1.29 is 9.90 Å². The maximum Gasteiger partial charge on any atom is 0.357 e. The van der Waals surface area contributed by atoms with Crippen LogP contribution >= 0.6 is 11.3 Å². The Morgan fingerprint density at radius 1 is 1.47 bits per heavy atom. The topological polar surface area (TPSA) is 76.2 Å². The third-order valence-corrected chi connectivity index (χ3v) is 4.02. The normalized spacial score (nSPS) is 17.3. The number of fused-ring (bicyclic) bond motifs is 1. The minimum Gasteiger partial charge on any atom is -0.476 e. The summed E-state index contributed by atoms with van der Waals surface area (Å²) in [6, 6.07) is 8.14. The van der Waals surface area contributed by atoms with Gasteiger partial charge in [0.05, 0.1) is 0 Å². The van der Waals surface area contributed by atoms with Crippen LogP contribution in [-0.4, -0.2) is 16.1 Å². The van der Waals surface area contributed by atoms with E-state index in [0.717, 1.165) is 11.4 Å². The molecule has 0 radical (unpaired) electrons. The first-order valence-corrected chi connectivity index (χ1v) is 6.05. The summed E-state index contributed by atoms with van der Waals surface area (Å²) >= 11 is 1.28. The number of carboxylic acid groups (broad SMARTS) is 1. The van der Waals surface area contributed by atoms with Crippen molar-refractivity contribution in [2.24, 2.45) is 0 Å². The minimum atomic E-state index is -1.06. The van der Waals surface area contributed by atoms with Gasteiger partial charge in [-0.2, -0.15) is 0 Å². The van der Waals surface area contributed by atoms with Gasteiger partial charge in [-0.25, -0.2) is 9.78 Å². The van der Waals surface area contributed by atoms with Crippen molar-refractivity contribution in [1.82, 2.24) is 4.98 Å². The molecule has 3 N–H and O–H groups in total. The molecule has 86 valence electrons. The standard InChI is InChI=1S/C12H10N2O2S/c13-10-9(12(15)16)14-11(17-10)8-5-6-3-1-2-4-7(6)8/h1-4,8H,5,13H2,(H,15,16). The molecule has 1 atom stereocenters. The number of thiazole rings is 1. The Morgan fingerprint density at radius 2 is 2.24 bits per heavy atom. The molecule has 2 aromatic rings. The summed E-state index contributed by atoms with van der Waals surface area (Å²) in [5.74, 6) is -0.843. The highest BCUT2D eigenvalue weighted by Crippen LogP contribution is 2.42. The Labute approximate surface area is 102 Å². The van der Waals surface area contributed by atoms with Crippen molar-refractivity contribution in [2.45, 2.75) is 12.3 Å². The molecule has 0 bridgehead atoms. The molecule has 0 amide bonds. The van der Waals surface area contributed by atoms with Crippen LogP contribution in [0.15, 0.2) is 24.3 Å². The van der Waals surface area contributed by atoms with Crippen LogP contribution < -0.4 is 5.73 Å². The zero-order chi connectivity index (χ0) is 12.0. The van der Waals surface area contributed by atoms with Gasteiger partial charge in [-0.3, -0.25) is 0 Å². The van der Waals surface area contributed by atoms with Gasteiger partial charge in [-0.15, -0.1) is 11.3 Å². The van der Waals surface area contributed by atoms with Gasteiger partial charge in [0.15, 0.2) is 5.69 Å². The summed E-state index contributed by atoms with van der Waals surface area (Å²) in [5, 5.41) is 10.0. The van der Waals surface area contributed by atoms with E-state index in [-0.39, 0.29) is 16.6 Å². The largest absolute Gasteiger partial charge is 0.476 e. The molecule has 1 aliphatic rings. The van der Waals surface area contributed by atoms with Gasteiger partial charge in [0.25, 0.3) is 0 Å². The van der Waals surface area contributed by atoms with E-state index >= 15 is 0 Å². The minimum absolute atomic E-state index is 0.0191. The first-order valence-electron chi connectivity index (χ1n) is 5.24. The van der Waals surface area contributed by atoms with Gasteiger partial charge < -0.3 is 10.8 Å². The van der Waals surface area contributed by atoms with Crippen molar-refractivity contribution >= 4 is 22.3 Å². The van der Waals surface area contributed by atoms with E-state index in [0.29, 0.717) is 0 Å². The van der Waals surface area contributed by atoms with E-state index in [1.165, 1.54) is 22.5 Å². The number of rotatable bonds is 2. The van der Waals surface area contributed by atoms with Gasteiger partial charge in [0.1, 0.15) is 10.0 Å². The lowest BCUT2D eigenvalue weighted by molar-refractivity contribution is 0.0692. The smallest absolute Gasteiger partial charge is 0.357 e. The first kappa shape index (κ1) is 10.3. The van der Waals surface area contributed by atoms with Crippen molar-refractivity contribution in [1.29, 1.82) is 0 Å². The molecule has 0 saturated heterocycles. The lowest BCUT2D eigenvalue weighted by atomic mass is 9.78. The van der Waals surface area contributed by atoms with E-state index in [1.807, 2.05) is 12.1 Å². The predicted molar refractivity (Wildman–Crippen MR) is 65.5 cm³/mol. The number of nitrogens with two attached hydrogens (primary N) is 1. The summed E-state index contributed by atoms with van der Waals surface area (Å²) in [5.41, 5.74) is 8.18. The van der Waals surface area contributed by atoms with Crippen LogP contribution in [0.5, 0.6) is 0 Å². The van der Waals surface area contributed by atoms with E-state index in [4.69, 9.17) is 10.8 Å². The highest BCUT2D eigenvalue weighted by molar-refractivity contribution is 7.16. The Bertz CT molecular complexity index is 606. The molecule has 4 nitrogen and oxygen atoms in total. The Balaban J connectivity index is 1.98. The second-order valence-electron chi connectivity index (χ2n) is 4.03. The quantitative estimate of drug-likeness (QED) is 0.850. The number of aromatic nitrogens is 1. The lowest BCUT2D eigenvalue weighted by Crippen LogP contribution is -2.17. The second-order valence-corrected chi connectivity index (χ2v) is 5.09. The van der Waals surface area contributed by atoms with E-state index in [1.54, 1.807) is 0 Å². The van der Waals surface area contributed by atoms with Crippen LogP contribution in [0.2, 0.25) is 0 Å². The second kappa shape index (κ2) is 3.56. The fraction of sp³-hybridized carbons (Fsp3) is 0.167. The molecule has 0 saturated carbocycles. The number of benzene rings is 1. The number of nitrogens with zero attached hydrogens (tertiary/aromatic N) is 1. The molecular weight excluding hydrogens is 236 g/mol. The van der Waals surface area contributed by atoms with Crippen LogP contribution in [-0.2, 0) is 6.42 Å². The average molecular weight is 246 g/mol. The fourth-order valence-electron chi connectivity index (χ4n) is 2.13. The highest BCUT2D eigenvalue weighted by Gasteiger charge is 2.31. The van der Waals surface area contributed by atoms with Gasteiger partial charge in [-0.1, -0.05) is 24.3 Å². The van der Waals surface area contributed by atoms with Gasteiger partial charge in [0, 0.05) is 5.92 Å². The third kappa shape index (κ3) is 1.51. The average Bonchev–Trinajstić information content (AvgIpc) is 2.62. The Hall–Kier alpha value is -1.88. The van der Waals surface area contributed by atoms with Crippen molar-refractivity contribution in [2.75, 3.05) is 5.73 Å². The molecule has 1 unspecified atom stereocenters. The van der Waals surface area contributed by atoms with Crippen molar-refractivity contribution in [3.63, 3.8) is 0 Å². The number of anilines is 1. The van der Waals surface area contributed by atoms with Gasteiger partial charge >= 0.3 is 5.97 Å². The maximum atomic E-state index is 10.9. The summed E-state index contributed by atoms with van der Waals surface area (Å²) in [6.07, 6.45) is 0.919. The van der Waals surface area contributed by atoms with Crippen LogP contribution in [0.3, 0.4) is 0 Å². The fourth-order valence-corrected chi connectivity index (χ4v) is 3.07. The number of carbonyl (C=O) groups is 1. The molecule has 0 fully saturated rings. The zero-order valence-electron chi connectivity index (χ0n) is 8.88. The number of nitrogen functional groups attached to an aromatic ring is 1. The van der Waals surface area contributed by atoms with Crippen LogP contribution in [0, 0.1) is 0 Å². The molecule has 0 aliphatic heterocycles. The predicted octanol–water partition coefficient (Wildman–Crippen LogP) is 2.11. The van der Waals surface area contributed by atoms with Crippen molar-refractivity contribution in [3.8, 4) is 0 Å². The molecule has 1 aromatic carbocycles. The molecule has 1 aromatic heterocycles. The van der Waals surface area contributed by atoms with E-state index in [2.05, 4.69) is 17.1 Å². The Morgan fingerprint density at radius 3 is 2.88 bits per heavy atom. The molecule has 5 heteroatoms. The third-order valence-electron chi connectivity index (χ3n) is 3.03. The number of hydrogen-bond donors (Lipinski definition) is 2. The monoisotopic (exact) mass is 246 g/mol. The van der Waals surface area contributed by atoms with Gasteiger partial charge in [0.2, 0.25) is 0 Å². The molecule has 0 spiro atoms. The summed E-state index contributed by atoms with van der Waals surface area (Å²) in [6.45, 7) is 0. The first-order chi connectivity index (χ1) is 8.16. The highest BCUT2D eigenvalue weighted by atomic mass is 32.1. The molecule has 3 rings (SSSR count).